The first-order chi connectivity index (χ1) is 9.22. The van der Waals surface area contributed by atoms with Crippen molar-refractivity contribution in [3.63, 3.8) is 0 Å². The van der Waals surface area contributed by atoms with E-state index in [1.165, 1.54) is 21.7 Å². The number of nitrogens with one attached hydrogen (secondary N) is 2. The molecule has 2 aromatic rings. The van der Waals surface area contributed by atoms with E-state index in [-0.39, 0.29) is 0 Å². The molecule has 3 rings (SSSR count). The van der Waals surface area contributed by atoms with Crippen molar-refractivity contribution in [1.29, 1.82) is 0 Å². The van der Waals surface area contributed by atoms with Crippen LogP contribution < -0.4 is 10.6 Å². The molecule has 0 saturated carbocycles. The quantitative estimate of drug-likeness (QED) is 0.897. The molecule has 0 fully saturated rings. The molecule has 2 heterocycles. The first kappa shape index (κ1) is 12.6. The molecule has 100 valence electrons. The van der Waals surface area contributed by atoms with E-state index in [0.29, 0.717) is 6.04 Å². The molecule has 0 saturated heterocycles. The van der Waals surface area contributed by atoms with Crippen molar-refractivity contribution in [2.24, 2.45) is 0 Å². The van der Waals surface area contributed by atoms with E-state index in [2.05, 4.69) is 47.7 Å². The van der Waals surface area contributed by atoms with Gasteiger partial charge >= 0.3 is 0 Å². The van der Waals surface area contributed by atoms with Crippen LogP contribution in [0.4, 0.5) is 5.69 Å². The maximum Gasteiger partial charge on any atom is 0.109 e. The van der Waals surface area contributed by atoms with Gasteiger partial charge < -0.3 is 10.6 Å². The van der Waals surface area contributed by atoms with Crippen LogP contribution in [-0.4, -0.2) is 11.5 Å². The highest BCUT2D eigenvalue weighted by atomic mass is 32.1. The second-order valence-electron chi connectivity index (χ2n) is 5.08. The fourth-order valence-corrected chi connectivity index (χ4v) is 3.18. The summed E-state index contributed by atoms with van der Waals surface area (Å²) in [5, 5.41) is 8.13. The molecule has 0 radical (unpaired) electrons. The Hall–Kier alpha value is -1.39. The number of hydrogen-bond donors (Lipinski definition) is 2. The van der Waals surface area contributed by atoms with Crippen LogP contribution in [0.25, 0.3) is 0 Å². The summed E-state index contributed by atoms with van der Waals surface area (Å²) in [5.41, 5.74) is 4.07. The minimum Gasteiger partial charge on any atom is -0.384 e. The standard InChI is InChI=1S/C15H19N3S/c1-10-8-18-15(19-10)11(2)17-9-12-3-4-13-5-6-16-14(13)7-12/h3-4,7-8,11,16-17H,5-6,9H2,1-2H3. The molecule has 0 bridgehead atoms. The van der Waals surface area contributed by atoms with E-state index >= 15 is 0 Å². The van der Waals surface area contributed by atoms with Gasteiger partial charge in [-0.1, -0.05) is 12.1 Å². The Morgan fingerprint density at radius 3 is 3.16 bits per heavy atom. The topological polar surface area (TPSA) is 37.0 Å². The van der Waals surface area contributed by atoms with Gasteiger partial charge in [0, 0.05) is 29.9 Å². The van der Waals surface area contributed by atoms with Gasteiger partial charge in [0.25, 0.3) is 0 Å². The second kappa shape index (κ2) is 5.31. The number of anilines is 1. The van der Waals surface area contributed by atoms with Gasteiger partial charge in [0.2, 0.25) is 0 Å². The fraction of sp³-hybridized carbons (Fsp3) is 0.400. The van der Waals surface area contributed by atoms with Crippen LogP contribution in [-0.2, 0) is 13.0 Å². The highest BCUT2D eigenvalue weighted by Crippen LogP contribution is 2.24. The van der Waals surface area contributed by atoms with E-state index in [1.54, 1.807) is 11.3 Å². The third-order valence-corrected chi connectivity index (χ3v) is 4.60. The van der Waals surface area contributed by atoms with Crippen molar-refractivity contribution in [2.45, 2.75) is 32.9 Å². The highest BCUT2D eigenvalue weighted by Gasteiger charge is 2.11. The zero-order chi connectivity index (χ0) is 13.2. The Bertz CT molecular complexity index is 577. The summed E-state index contributed by atoms with van der Waals surface area (Å²) >= 11 is 1.77. The average molecular weight is 273 g/mol. The number of aryl methyl sites for hydroxylation is 1. The summed E-state index contributed by atoms with van der Waals surface area (Å²) < 4.78 is 0. The molecule has 1 atom stereocenters. The summed E-state index contributed by atoms with van der Waals surface area (Å²) in [5.74, 6) is 0. The first-order valence-electron chi connectivity index (χ1n) is 6.74. The van der Waals surface area contributed by atoms with Crippen LogP contribution in [0.3, 0.4) is 0 Å². The first-order valence-corrected chi connectivity index (χ1v) is 7.55. The van der Waals surface area contributed by atoms with Gasteiger partial charge in [-0.25, -0.2) is 4.98 Å². The van der Waals surface area contributed by atoms with Gasteiger partial charge in [0.1, 0.15) is 5.01 Å². The minimum atomic E-state index is 0.305. The molecule has 0 amide bonds. The molecule has 4 heteroatoms. The van der Waals surface area contributed by atoms with Crippen LogP contribution in [0.1, 0.15) is 34.0 Å². The number of benzene rings is 1. The van der Waals surface area contributed by atoms with Gasteiger partial charge in [-0.3, -0.25) is 0 Å². The number of rotatable bonds is 4. The maximum atomic E-state index is 4.43. The van der Waals surface area contributed by atoms with Gasteiger partial charge in [0.15, 0.2) is 0 Å². The predicted octanol–water partition coefficient (Wildman–Crippen LogP) is 3.27. The van der Waals surface area contributed by atoms with Gasteiger partial charge in [-0.2, -0.15) is 0 Å². The van der Waals surface area contributed by atoms with E-state index in [0.717, 1.165) is 24.5 Å². The largest absolute Gasteiger partial charge is 0.384 e. The predicted molar refractivity (Wildman–Crippen MR) is 80.7 cm³/mol. The van der Waals surface area contributed by atoms with Crippen molar-refractivity contribution in [2.75, 3.05) is 11.9 Å². The highest BCUT2D eigenvalue weighted by molar-refractivity contribution is 7.11. The minimum absolute atomic E-state index is 0.305. The van der Waals surface area contributed by atoms with Crippen molar-refractivity contribution in [1.82, 2.24) is 10.3 Å². The summed E-state index contributed by atoms with van der Waals surface area (Å²) in [7, 11) is 0. The molecule has 0 aliphatic carbocycles. The average Bonchev–Trinajstić information content (AvgIpc) is 3.03. The van der Waals surface area contributed by atoms with Gasteiger partial charge in [-0.05, 0) is 37.5 Å². The Labute approximate surface area is 118 Å². The van der Waals surface area contributed by atoms with E-state index in [1.807, 2.05) is 6.20 Å². The number of hydrogen-bond acceptors (Lipinski definition) is 4. The lowest BCUT2D eigenvalue weighted by atomic mass is 10.1. The second-order valence-corrected chi connectivity index (χ2v) is 6.35. The molecule has 1 aromatic carbocycles. The third kappa shape index (κ3) is 2.80. The molecular formula is C15H19N3S. The zero-order valence-electron chi connectivity index (χ0n) is 11.4. The Morgan fingerprint density at radius 2 is 2.37 bits per heavy atom. The Morgan fingerprint density at radius 1 is 1.47 bits per heavy atom. The molecule has 1 aliphatic heterocycles. The lowest BCUT2D eigenvalue weighted by Crippen LogP contribution is -2.17. The molecule has 19 heavy (non-hydrogen) atoms. The number of fused-ring (bicyclic) bond motifs is 1. The van der Waals surface area contributed by atoms with Crippen molar-refractivity contribution < 1.29 is 0 Å². The molecule has 1 aliphatic rings. The summed E-state index contributed by atoms with van der Waals surface area (Å²) in [4.78, 5) is 5.70. The van der Waals surface area contributed by atoms with Crippen LogP contribution in [0, 0.1) is 6.92 Å². The van der Waals surface area contributed by atoms with Crippen LogP contribution in [0.2, 0.25) is 0 Å². The van der Waals surface area contributed by atoms with Crippen molar-refractivity contribution in [3.8, 4) is 0 Å². The molecular weight excluding hydrogens is 254 g/mol. The third-order valence-electron chi connectivity index (χ3n) is 3.51. The maximum absolute atomic E-state index is 4.43. The van der Waals surface area contributed by atoms with Crippen molar-refractivity contribution >= 4 is 17.0 Å². The summed E-state index contributed by atoms with van der Waals surface area (Å²) in [6.07, 6.45) is 3.09. The summed E-state index contributed by atoms with van der Waals surface area (Å²) in [6.45, 7) is 6.22. The fourth-order valence-electron chi connectivity index (χ4n) is 2.38. The molecule has 1 aromatic heterocycles. The number of aromatic nitrogens is 1. The molecule has 2 N–H and O–H groups in total. The molecule has 0 spiro atoms. The number of thiazole rings is 1. The van der Waals surface area contributed by atoms with E-state index in [9.17, 15) is 0 Å². The van der Waals surface area contributed by atoms with Crippen LogP contribution in [0.15, 0.2) is 24.4 Å². The lowest BCUT2D eigenvalue weighted by Gasteiger charge is -2.12. The Kier molecular flexibility index (Phi) is 3.53. The smallest absolute Gasteiger partial charge is 0.109 e. The SMILES string of the molecule is Cc1cnc(C(C)NCc2ccc3c(c2)NCC3)s1. The molecule has 1 unspecified atom stereocenters. The van der Waals surface area contributed by atoms with E-state index in [4.69, 9.17) is 0 Å². The van der Waals surface area contributed by atoms with Crippen LogP contribution >= 0.6 is 11.3 Å². The van der Waals surface area contributed by atoms with E-state index < -0.39 is 0 Å². The summed E-state index contributed by atoms with van der Waals surface area (Å²) in [6, 6.07) is 7.03. The zero-order valence-corrected chi connectivity index (χ0v) is 12.2. The van der Waals surface area contributed by atoms with Gasteiger partial charge in [-0.15, -0.1) is 11.3 Å². The van der Waals surface area contributed by atoms with Gasteiger partial charge in [0.05, 0.1) is 6.04 Å². The monoisotopic (exact) mass is 273 g/mol. The normalized spacial score (nSPS) is 15.1. The van der Waals surface area contributed by atoms with Crippen molar-refractivity contribution in [3.05, 3.63) is 45.4 Å². The van der Waals surface area contributed by atoms with Crippen LogP contribution in [0.5, 0.6) is 0 Å². The lowest BCUT2D eigenvalue weighted by molar-refractivity contribution is 0.572. The Balaban J connectivity index is 1.63. The number of nitrogens with zero attached hydrogens (tertiary/aromatic N) is 1. The molecule has 3 nitrogen and oxygen atoms in total.